The van der Waals surface area contributed by atoms with Crippen molar-refractivity contribution in [3.63, 3.8) is 0 Å². The third-order valence-electron chi connectivity index (χ3n) is 4.02. The van der Waals surface area contributed by atoms with Gasteiger partial charge in [-0.2, -0.15) is 5.10 Å². The molecule has 120 valence electrons. The Morgan fingerprint density at radius 1 is 1.48 bits per heavy atom. The van der Waals surface area contributed by atoms with Crippen LogP contribution < -0.4 is 10.6 Å². The molecule has 0 bridgehead atoms. The number of nitro benzene ring substituents is 1. The van der Waals surface area contributed by atoms with Crippen LogP contribution >= 0.6 is 0 Å². The van der Waals surface area contributed by atoms with Gasteiger partial charge in [0.15, 0.2) is 0 Å². The summed E-state index contributed by atoms with van der Waals surface area (Å²) >= 11 is 0. The van der Waals surface area contributed by atoms with Gasteiger partial charge in [-0.15, -0.1) is 0 Å². The van der Waals surface area contributed by atoms with Gasteiger partial charge in [0.2, 0.25) is 0 Å². The van der Waals surface area contributed by atoms with E-state index < -0.39 is 4.92 Å². The normalized spacial score (nSPS) is 16.5. The second-order valence-electron chi connectivity index (χ2n) is 5.67. The topological polar surface area (TPSA) is 113 Å². The number of aromatic amines is 1. The van der Waals surface area contributed by atoms with Gasteiger partial charge in [-0.1, -0.05) is 0 Å². The number of aromatic nitrogens is 2. The van der Waals surface area contributed by atoms with Crippen molar-refractivity contribution in [2.24, 2.45) is 0 Å². The number of anilines is 1. The van der Waals surface area contributed by atoms with Crippen LogP contribution in [0.4, 0.5) is 16.2 Å². The van der Waals surface area contributed by atoms with Crippen molar-refractivity contribution in [2.75, 3.05) is 5.32 Å². The van der Waals surface area contributed by atoms with Crippen LogP contribution in [0.15, 0.2) is 24.4 Å². The average Bonchev–Trinajstić information content (AvgIpc) is 2.96. The van der Waals surface area contributed by atoms with E-state index in [-0.39, 0.29) is 17.8 Å². The van der Waals surface area contributed by atoms with Crippen LogP contribution in [0.3, 0.4) is 0 Å². The summed E-state index contributed by atoms with van der Waals surface area (Å²) in [6.07, 6.45) is 4.25. The zero-order chi connectivity index (χ0) is 16.4. The Balaban J connectivity index is 1.61. The largest absolute Gasteiger partial charge is 0.335 e. The molecule has 0 fully saturated rings. The van der Waals surface area contributed by atoms with Crippen molar-refractivity contribution in [2.45, 2.75) is 32.2 Å². The van der Waals surface area contributed by atoms with Crippen LogP contribution in [0.1, 0.15) is 23.2 Å². The monoisotopic (exact) mass is 315 g/mol. The summed E-state index contributed by atoms with van der Waals surface area (Å²) in [5.41, 5.74) is 3.49. The summed E-state index contributed by atoms with van der Waals surface area (Å²) in [4.78, 5) is 22.4. The first-order chi connectivity index (χ1) is 11.0. The number of hydrogen-bond donors (Lipinski definition) is 3. The van der Waals surface area contributed by atoms with Crippen LogP contribution in [0.5, 0.6) is 0 Å². The van der Waals surface area contributed by atoms with Crippen molar-refractivity contribution in [1.29, 1.82) is 0 Å². The molecule has 2 aromatic rings. The minimum atomic E-state index is -0.457. The molecule has 1 aliphatic rings. The number of carbonyl (C=O) groups excluding carboxylic acids is 1. The fraction of sp³-hybridized carbons (Fsp3) is 0.333. The maximum atomic E-state index is 12.1. The molecule has 8 nitrogen and oxygen atoms in total. The molecule has 1 atom stereocenters. The summed E-state index contributed by atoms with van der Waals surface area (Å²) in [6.45, 7) is 1.72. The Morgan fingerprint density at radius 2 is 2.30 bits per heavy atom. The Morgan fingerprint density at radius 3 is 3.04 bits per heavy atom. The maximum absolute atomic E-state index is 12.1. The number of amides is 2. The number of H-pyrrole nitrogens is 1. The van der Waals surface area contributed by atoms with Gasteiger partial charge >= 0.3 is 6.03 Å². The zero-order valence-electron chi connectivity index (χ0n) is 12.6. The third-order valence-corrected chi connectivity index (χ3v) is 4.02. The van der Waals surface area contributed by atoms with E-state index in [9.17, 15) is 14.9 Å². The van der Waals surface area contributed by atoms with Crippen LogP contribution in [0.25, 0.3) is 0 Å². The predicted octanol–water partition coefficient (Wildman–Crippen LogP) is 2.31. The SMILES string of the molecule is Cc1cc([N+](=O)[O-])ccc1NC(=O)N[C@@H]1CCc2[nH]ncc2C1. The standard InChI is InChI=1S/C15H17N5O3/c1-9-6-12(20(22)23)3-5-13(9)18-15(21)17-11-2-4-14-10(7-11)8-16-19-14/h3,5-6,8,11H,2,4,7H2,1H3,(H,16,19)(H2,17,18,21)/t11-/m1/s1. The van der Waals surface area contributed by atoms with Crippen molar-refractivity contribution < 1.29 is 9.72 Å². The van der Waals surface area contributed by atoms with Gasteiger partial charge in [-0.25, -0.2) is 4.79 Å². The van der Waals surface area contributed by atoms with E-state index in [0.717, 1.165) is 30.5 Å². The molecule has 0 unspecified atom stereocenters. The van der Waals surface area contributed by atoms with Gasteiger partial charge in [-0.3, -0.25) is 15.2 Å². The number of non-ortho nitro benzene ring substituents is 1. The predicted molar refractivity (Wildman–Crippen MR) is 84.4 cm³/mol. The summed E-state index contributed by atoms with van der Waals surface area (Å²) in [7, 11) is 0. The lowest BCUT2D eigenvalue weighted by Crippen LogP contribution is -2.41. The highest BCUT2D eigenvalue weighted by molar-refractivity contribution is 5.90. The lowest BCUT2D eigenvalue weighted by atomic mass is 9.94. The quantitative estimate of drug-likeness (QED) is 0.595. The molecule has 0 aliphatic heterocycles. The van der Waals surface area contributed by atoms with E-state index in [4.69, 9.17) is 0 Å². The van der Waals surface area contributed by atoms with Crippen LogP contribution in [0.2, 0.25) is 0 Å². The first-order valence-electron chi connectivity index (χ1n) is 7.36. The Hall–Kier alpha value is -2.90. The summed E-state index contributed by atoms with van der Waals surface area (Å²) in [5, 5.41) is 23.4. The first kappa shape index (κ1) is 15.0. The number of nitro groups is 1. The maximum Gasteiger partial charge on any atom is 0.319 e. The summed E-state index contributed by atoms with van der Waals surface area (Å²) in [6, 6.07) is 4.11. The lowest BCUT2D eigenvalue weighted by molar-refractivity contribution is -0.384. The molecule has 23 heavy (non-hydrogen) atoms. The molecule has 1 aromatic heterocycles. The number of urea groups is 1. The minimum Gasteiger partial charge on any atom is -0.335 e. The summed E-state index contributed by atoms with van der Waals surface area (Å²) < 4.78 is 0. The van der Waals surface area contributed by atoms with Crippen molar-refractivity contribution in [1.82, 2.24) is 15.5 Å². The smallest absolute Gasteiger partial charge is 0.319 e. The van der Waals surface area contributed by atoms with E-state index >= 15 is 0 Å². The summed E-state index contributed by atoms with van der Waals surface area (Å²) in [5.74, 6) is 0. The number of nitrogens with one attached hydrogen (secondary N) is 3. The number of hydrogen-bond acceptors (Lipinski definition) is 4. The molecule has 0 radical (unpaired) electrons. The molecule has 3 rings (SSSR count). The fourth-order valence-electron chi connectivity index (χ4n) is 2.78. The first-order valence-corrected chi connectivity index (χ1v) is 7.36. The highest BCUT2D eigenvalue weighted by Crippen LogP contribution is 2.22. The lowest BCUT2D eigenvalue weighted by Gasteiger charge is -2.23. The number of fused-ring (bicyclic) bond motifs is 1. The molecule has 1 aromatic carbocycles. The number of rotatable bonds is 3. The number of nitrogens with zero attached hydrogens (tertiary/aromatic N) is 2. The second-order valence-corrected chi connectivity index (χ2v) is 5.67. The van der Waals surface area contributed by atoms with E-state index in [2.05, 4.69) is 20.8 Å². The average molecular weight is 315 g/mol. The van der Waals surface area contributed by atoms with Crippen LogP contribution in [-0.2, 0) is 12.8 Å². The van der Waals surface area contributed by atoms with Crippen molar-refractivity contribution in [3.05, 3.63) is 51.3 Å². The Kier molecular flexibility index (Phi) is 3.96. The van der Waals surface area contributed by atoms with Gasteiger partial charge in [0, 0.05) is 29.6 Å². The third kappa shape index (κ3) is 3.31. The van der Waals surface area contributed by atoms with Gasteiger partial charge in [0.25, 0.3) is 5.69 Å². The molecule has 1 heterocycles. The van der Waals surface area contributed by atoms with Crippen LogP contribution in [-0.4, -0.2) is 27.2 Å². The zero-order valence-corrected chi connectivity index (χ0v) is 12.6. The van der Waals surface area contributed by atoms with Gasteiger partial charge in [0.05, 0.1) is 11.1 Å². The highest BCUT2D eigenvalue weighted by atomic mass is 16.6. The highest BCUT2D eigenvalue weighted by Gasteiger charge is 2.21. The molecule has 1 aliphatic carbocycles. The van der Waals surface area contributed by atoms with E-state index in [1.807, 2.05) is 0 Å². The molecule has 2 amide bonds. The molecule has 0 spiro atoms. The number of aryl methyl sites for hydroxylation is 2. The van der Waals surface area contributed by atoms with Crippen molar-refractivity contribution >= 4 is 17.4 Å². The van der Waals surface area contributed by atoms with E-state index in [0.29, 0.717) is 11.3 Å². The number of carbonyl (C=O) groups is 1. The van der Waals surface area contributed by atoms with E-state index in [1.165, 1.54) is 12.1 Å². The number of benzene rings is 1. The minimum absolute atomic E-state index is 0.00762. The van der Waals surface area contributed by atoms with Gasteiger partial charge < -0.3 is 10.6 Å². The van der Waals surface area contributed by atoms with Gasteiger partial charge in [-0.05, 0) is 43.4 Å². The van der Waals surface area contributed by atoms with Crippen molar-refractivity contribution in [3.8, 4) is 0 Å². The molecule has 0 saturated heterocycles. The Bertz CT molecular complexity index is 755. The molecule has 8 heteroatoms. The molecular formula is C15H17N5O3. The van der Waals surface area contributed by atoms with E-state index in [1.54, 1.807) is 19.2 Å². The molecule has 3 N–H and O–H groups in total. The fourth-order valence-corrected chi connectivity index (χ4v) is 2.78. The molecular weight excluding hydrogens is 298 g/mol. The molecule has 0 saturated carbocycles. The van der Waals surface area contributed by atoms with Gasteiger partial charge in [0.1, 0.15) is 0 Å². The van der Waals surface area contributed by atoms with Crippen LogP contribution in [0, 0.1) is 17.0 Å². The second kappa shape index (κ2) is 6.07. The Labute approximate surface area is 132 Å².